The van der Waals surface area contributed by atoms with Gasteiger partial charge in [0.05, 0.1) is 11.6 Å². The van der Waals surface area contributed by atoms with E-state index in [1.165, 1.54) is 22.4 Å². The zero-order valence-corrected chi connectivity index (χ0v) is 20.0. The van der Waals surface area contributed by atoms with Crippen LogP contribution in [0.1, 0.15) is 42.3 Å². The summed E-state index contributed by atoms with van der Waals surface area (Å²) in [6.45, 7) is 4.74. The molecule has 2 aromatic heterocycles. The van der Waals surface area contributed by atoms with Crippen LogP contribution in [0, 0.1) is 0 Å². The van der Waals surface area contributed by atoms with E-state index in [4.69, 9.17) is 9.97 Å². The second-order valence-electron chi connectivity index (χ2n) is 9.19. The number of hydrogen-bond donors (Lipinski definition) is 2. The first-order valence-electron chi connectivity index (χ1n) is 12.2. The zero-order valence-electron chi connectivity index (χ0n) is 20.0. The van der Waals surface area contributed by atoms with Crippen LogP contribution < -0.4 is 10.2 Å². The van der Waals surface area contributed by atoms with E-state index in [2.05, 4.69) is 76.3 Å². The zero-order chi connectivity index (χ0) is 23.5. The summed E-state index contributed by atoms with van der Waals surface area (Å²) < 4.78 is 2.08. The normalized spacial score (nSPS) is 14.6. The van der Waals surface area contributed by atoms with Gasteiger partial charge in [0.25, 0.3) is 0 Å². The minimum absolute atomic E-state index is 0.154. The van der Waals surface area contributed by atoms with Crippen LogP contribution in [0.25, 0.3) is 11.0 Å². The van der Waals surface area contributed by atoms with Gasteiger partial charge >= 0.3 is 0 Å². The molecule has 1 saturated heterocycles. The standard InChI is InChI=1S/C28H33N5O/c1-3-21-6-4-5-7-22(21)19-29-28-27-25(14-15-32(27)2)30-26(31-28)18-20-8-10-23(11-9-20)33-16-12-24(34)13-17-33/h4-11,14-15,24,34H,3,12-13,16-19H2,1-2H3,(H,29,30,31). The van der Waals surface area contributed by atoms with E-state index >= 15 is 0 Å². The Morgan fingerprint density at radius 1 is 0.971 bits per heavy atom. The number of nitrogens with zero attached hydrogens (tertiary/aromatic N) is 4. The Kier molecular flexibility index (Phi) is 6.50. The number of rotatable bonds is 7. The van der Waals surface area contributed by atoms with Crippen molar-refractivity contribution >= 4 is 22.5 Å². The smallest absolute Gasteiger partial charge is 0.154 e. The molecule has 34 heavy (non-hydrogen) atoms. The van der Waals surface area contributed by atoms with Gasteiger partial charge in [0, 0.05) is 45.0 Å². The Bertz CT molecular complexity index is 1260. The molecule has 0 saturated carbocycles. The summed E-state index contributed by atoms with van der Waals surface area (Å²) in [7, 11) is 2.04. The summed E-state index contributed by atoms with van der Waals surface area (Å²) in [6, 6.07) is 19.3. The molecular formula is C28H33N5O. The summed E-state index contributed by atoms with van der Waals surface area (Å²) in [6.07, 6.45) is 5.26. The summed E-state index contributed by atoms with van der Waals surface area (Å²) in [5.74, 6) is 1.70. The second-order valence-corrected chi connectivity index (χ2v) is 9.19. The van der Waals surface area contributed by atoms with E-state index in [0.29, 0.717) is 6.42 Å². The maximum absolute atomic E-state index is 9.76. The van der Waals surface area contributed by atoms with Gasteiger partial charge in [-0.25, -0.2) is 9.97 Å². The highest BCUT2D eigenvalue weighted by Crippen LogP contribution is 2.25. The van der Waals surface area contributed by atoms with Crippen LogP contribution >= 0.6 is 0 Å². The van der Waals surface area contributed by atoms with Crippen LogP contribution in [0.3, 0.4) is 0 Å². The van der Waals surface area contributed by atoms with Crippen molar-refractivity contribution in [2.75, 3.05) is 23.3 Å². The van der Waals surface area contributed by atoms with Crippen molar-refractivity contribution in [2.45, 2.75) is 45.3 Å². The molecule has 176 valence electrons. The summed E-state index contributed by atoms with van der Waals surface area (Å²) >= 11 is 0. The van der Waals surface area contributed by atoms with E-state index in [0.717, 1.165) is 61.6 Å². The van der Waals surface area contributed by atoms with Gasteiger partial charge in [-0.05, 0) is 54.2 Å². The Labute approximate surface area is 201 Å². The third kappa shape index (κ3) is 4.77. The molecule has 6 heteroatoms. The molecule has 0 amide bonds. The van der Waals surface area contributed by atoms with E-state index in [-0.39, 0.29) is 6.10 Å². The van der Waals surface area contributed by atoms with Crippen LogP contribution in [-0.4, -0.2) is 38.8 Å². The molecule has 5 rings (SSSR count). The Morgan fingerprint density at radius 2 is 1.71 bits per heavy atom. The first-order chi connectivity index (χ1) is 16.6. The molecule has 1 aliphatic rings. The number of anilines is 2. The molecule has 0 aliphatic carbocycles. The number of piperidine rings is 1. The lowest BCUT2D eigenvalue weighted by molar-refractivity contribution is 0.145. The third-order valence-corrected chi connectivity index (χ3v) is 6.84. The Hall–Kier alpha value is -3.38. The highest BCUT2D eigenvalue weighted by Gasteiger charge is 2.17. The van der Waals surface area contributed by atoms with E-state index < -0.39 is 0 Å². The quantitative estimate of drug-likeness (QED) is 0.423. The first-order valence-corrected chi connectivity index (χ1v) is 12.2. The lowest BCUT2D eigenvalue weighted by Crippen LogP contribution is -2.35. The van der Waals surface area contributed by atoms with E-state index in [1.54, 1.807) is 0 Å². The highest BCUT2D eigenvalue weighted by molar-refractivity contribution is 5.86. The predicted molar refractivity (Wildman–Crippen MR) is 138 cm³/mol. The molecule has 2 N–H and O–H groups in total. The number of fused-ring (bicyclic) bond motifs is 1. The van der Waals surface area contributed by atoms with E-state index in [1.807, 2.05) is 13.2 Å². The van der Waals surface area contributed by atoms with Gasteiger partial charge in [-0.15, -0.1) is 0 Å². The topological polar surface area (TPSA) is 66.2 Å². The SMILES string of the molecule is CCc1ccccc1CNc1nc(Cc2ccc(N3CCC(O)CC3)cc2)nc2ccn(C)c12. The molecule has 0 bridgehead atoms. The monoisotopic (exact) mass is 455 g/mol. The van der Waals surface area contributed by atoms with Gasteiger partial charge in [0.15, 0.2) is 5.82 Å². The number of aliphatic hydroxyl groups excluding tert-OH is 1. The van der Waals surface area contributed by atoms with Crippen molar-refractivity contribution in [1.29, 1.82) is 0 Å². The Morgan fingerprint density at radius 3 is 2.44 bits per heavy atom. The van der Waals surface area contributed by atoms with Crippen LogP contribution in [0.15, 0.2) is 60.8 Å². The number of benzene rings is 2. The molecule has 2 aromatic carbocycles. The molecule has 1 aliphatic heterocycles. The van der Waals surface area contributed by atoms with Crippen molar-refractivity contribution in [1.82, 2.24) is 14.5 Å². The fraction of sp³-hybridized carbons (Fsp3) is 0.357. The fourth-order valence-corrected chi connectivity index (χ4v) is 4.83. The van der Waals surface area contributed by atoms with Crippen molar-refractivity contribution in [3.63, 3.8) is 0 Å². The summed E-state index contributed by atoms with van der Waals surface area (Å²) in [4.78, 5) is 12.1. The first kappa shape index (κ1) is 22.4. The van der Waals surface area contributed by atoms with Gasteiger partial charge in [0.2, 0.25) is 0 Å². The van der Waals surface area contributed by atoms with Gasteiger partial charge in [0.1, 0.15) is 11.3 Å². The third-order valence-electron chi connectivity index (χ3n) is 6.84. The summed E-state index contributed by atoms with van der Waals surface area (Å²) in [5, 5.41) is 13.4. The Balaban J connectivity index is 1.35. The largest absolute Gasteiger partial charge is 0.393 e. The van der Waals surface area contributed by atoms with Crippen LogP contribution in [0.2, 0.25) is 0 Å². The van der Waals surface area contributed by atoms with Crippen molar-refractivity contribution in [3.05, 3.63) is 83.3 Å². The minimum atomic E-state index is -0.154. The minimum Gasteiger partial charge on any atom is -0.393 e. The fourth-order valence-electron chi connectivity index (χ4n) is 4.83. The number of aryl methyl sites for hydroxylation is 2. The maximum Gasteiger partial charge on any atom is 0.154 e. The average Bonchev–Trinajstić information content (AvgIpc) is 3.24. The number of hydrogen-bond acceptors (Lipinski definition) is 5. The van der Waals surface area contributed by atoms with Gasteiger partial charge in [-0.1, -0.05) is 43.3 Å². The molecule has 0 unspecified atom stereocenters. The molecule has 0 atom stereocenters. The van der Waals surface area contributed by atoms with Crippen LogP contribution in [-0.2, 0) is 26.4 Å². The molecule has 1 fully saturated rings. The van der Waals surface area contributed by atoms with Crippen LogP contribution in [0.5, 0.6) is 0 Å². The van der Waals surface area contributed by atoms with Crippen molar-refractivity contribution in [3.8, 4) is 0 Å². The number of nitrogens with one attached hydrogen (secondary N) is 1. The van der Waals surface area contributed by atoms with Crippen molar-refractivity contribution in [2.24, 2.45) is 7.05 Å². The summed E-state index contributed by atoms with van der Waals surface area (Å²) in [5.41, 5.74) is 7.05. The molecule has 4 aromatic rings. The second kappa shape index (κ2) is 9.85. The van der Waals surface area contributed by atoms with Gasteiger partial charge < -0.3 is 19.9 Å². The molecule has 0 radical (unpaired) electrons. The molecule has 3 heterocycles. The number of aromatic nitrogens is 3. The lowest BCUT2D eigenvalue weighted by atomic mass is 10.1. The average molecular weight is 456 g/mol. The maximum atomic E-state index is 9.76. The molecular weight excluding hydrogens is 422 g/mol. The van der Waals surface area contributed by atoms with Gasteiger partial charge in [-0.3, -0.25) is 0 Å². The lowest BCUT2D eigenvalue weighted by Gasteiger charge is -2.31. The molecule has 0 spiro atoms. The predicted octanol–water partition coefficient (Wildman–Crippen LogP) is 4.69. The highest BCUT2D eigenvalue weighted by atomic mass is 16.3. The van der Waals surface area contributed by atoms with Gasteiger partial charge in [-0.2, -0.15) is 0 Å². The van der Waals surface area contributed by atoms with Crippen molar-refractivity contribution < 1.29 is 5.11 Å². The van der Waals surface area contributed by atoms with Crippen LogP contribution in [0.4, 0.5) is 11.5 Å². The molecule has 6 nitrogen and oxygen atoms in total. The van der Waals surface area contributed by atoms with E-state index in [9.17, 15) is 5.11 Å². The number of aliphatic hydroxyl groups is 1.